The summed E-state index contributed by atoms with van der Waals surface area (Å²) in [5.41, 5.74) is 0. The lowest BCUT2D eigenvalue weighted by Gasteiger charge is -2.07. The van der Waals surface area contributed by atoms with Crippen LogP contribution in [0.5, 0.6) is 0 Å². The summed E-state index contributed by atoms with van der Waals surface area (Å²) in [5.74, 6) is 0. The van der Waals surface area contributed by atoms with Crippen LogP contribution in [0.15, 0.2) is 0 Å². The molecule has 0 aromatic rings. The van der Waals surface area contributed by atoms with Crippen molar-refractivity contribution in [2.75, 3.05) is 4.43 Å². The summed E-state index contributed by atoms with van der Waals surface area (Å²) in [7, 11) is 0. The smallest absolute Gasteiger partial charge is 0.105 e. The lowest BCUT2D eigenvalue weighted by atomic mass is 10.2. The van der Waals surface area contributed by atoms with E-state index in [1.807, 2.05) is 0 Å². The maximum atomic E-state index is 7.87. The molecule has 0 heterocycles. The Balaban J connectivity index is 3.18. The molecule has 0 unspecified atom stereocenters. The van der Waals surface area contributed by atoms with Gasteiger partial charge < -0.3 is 0 Å². The Morgan fingerprint density at radius 2 is 2.33 bits per heavy atom. The van der Waals surface area contributed by atoms with E-state index < -0.39 is 0 Å². The Morgan fingerprint density at radius 3 is 2.67 bits per heavy atom. The first kappa shape index (κ1) is 9.61. The molecule has 9 heavy (non-hydrogen) atoms. The van der Waals surface area contributed by atoms with Crippen LogP contribution in [-0.2, 0) is 9.93 Å². The first-order chi connectivity index (χ1) is 4.35. The summed E-state index contributed by atoms with van der Waals surface area (Å²) in [6, 6.07) is 0. The molecule has 0 spiro atoms. The van der Waals surface area contributed by atoms with E-state index in [2.05, 4.69) is 39.4 Å². The van der Waals surface area contributed by atoms with Gasteiger partial charge in [-0.2, -0.15) is 0 Å². The summed E-state index contributed by atoms with van der Waals surface area (Å²) in [4.78, 5) is 4.48. The topological polar surface area (TPSA) is 38.7 Å². The zero-order chi connectivity index (χ0) is 7.11. The van der Waals surface area contributed by atoms with Crippen molar-refractivity contribution in [3.63, 3.8) is 0 Å². The van der Waals surface area contributed by atoms with Crippen molar-refractivity contribution < 1.29 is 15.2 Å². The molecule has 0 aliphatic rings. The van der Waals surface area contributed by atoms with Gasteiger partial charge >= 0.3 is 0 Å². The van der Waals surface area contributed by atoms with Crippen molar-refractivity contribution in [1.29, 1.82) is 0 Å². The van der Waals surface area contributed by atoms with Crippen LogP contribution in [0.1, 0.15) is 19.8 Å². The van der Waals surface area contributed by atoms with Gasteiger partial charge in [-0.3, -0.25) is 0 Å². The molecule has 0 aliphatic heterocycles. The van der Waals surface area contributed by atoms with Crippen molar-refractivity contribution in [2.24, 2.45) is 0 Å². The molecule has 0 amide bonds. The summed E-state index contributed by atoms with van der Waals surface area (Å²) in [6.07, 6.45) is 1.99. The summed E-state index contributed by atoms with van der Waals surface area (Å²) >= 11 is 2.18. The van der Waals surface area contributed by atoms with Gasteiger partial charge in [0.2, 0.25) is 0 Å². The molecule has 1 N–H and O–H groups in total. The maximum Gasteiger partial charge on any atom is 0.105 e. The highest BCUT2D eigenvalue weighted by Gasteiger charge is 2.05. The molecule has 4 heteroatoms. The van der Waals surface area contributed by atoms with Crippen LogP contribution in [0.3, 0.4) is 0 Å². The Hall–Kier alpha value is 0.610. The fraction of sp³-hybridized carbons (Fsp3) is 1.00. The van der Waals surface area contributed by atoms with Crippen molar-refractivity contribution >= 4 is 22.6 Å². The minimum atomic E-state index is 0.0283. The SMILES string of the molecule is CCC[C@H](CI)OOO. The van der Waals surface area contributed by atoms with Crippen LogP contribution >= 0.6 is 22.6 Å². The Morgan fingerprint density at radius 1 is 1.67 bits per heavy atom. The van der Waals surface area contributed by atoms with Gasteiger partial charge in [0.05, 0.1) is 0 Å². The standard InChI is InChI=1S/C5H11IO3/c1-2-3-5(4-6)8-9-7/h5,7H,2-4H2,1H3/t5-/m1/s1. The Kier molecular flexibility index (Phi) is 7.18. The third kappa shape index (κ3) is 5.07. The van der Waals surface area contributed by atoms with Crippen LogP contribution in [0, 0.1) is 0 Å². The largest absolute Gasteiger partial charge is 0.221 e. The minimum absolute atomic E-state index is 0.0283. The number of rotatable bonds is 5. The molecule has 0 saturated carbocycles. The predicted molar refractivity (Wildman–Crippen MR) is 42.4 cm³/mol. The van der Waals surface area contributed by atoms with Gasteiger partial charge in [0, 0.05) is 4.43 Å². The summed E-state index contributed by atoms with van der Waals surface area (Å²) in [6.45, 7) is 2.06. The fourth-order valence-corrected chi connectivity index (χ4v) is 1.12. The molecule has 0 bridgehead atoms. The molecule has 1 atom stereocenters. The molecule has 3 nitrogen and oxygen atoms in total. The second kappa shape index (κ2) is 6.73. The summed E-state index contributed by atoms with van der Waals surface area (Å²) < 4.78 is 0.839. The van der Waals surface area contributed by atoms with E-state index in [1.54, 1.807) is 0 Å². The van der Waals surface area contributed by atoms with E-state index >= 15 is 0 Å². The van der Waals surface area contributed by atoms with E-state index in [0.29, 0.717) is 0 Å². The number of hydrogen-bond donors (Lipinski definition) is 1. The van der Waals surface area contributed by atoms with Gasteiger partial charge in [-0.25, -0.2) is 10.1 Å². The summed E-state index contributed by atoms with van der Waals surface area (Å²) in [5, 5.41) is 11.4. The average molecular weight is 246 g/mol. The van der Waals surface area contributed by atoms with Gasteiger partial charge in [-0.1, -0.05) is 41.0 Å². The quantitative estimate of drug-likeness (QED) is 0.349. The zero-order valence-electron chi connectivity index (χ0n) is 5.34. The zero-order valence-corrected chi connectivity index (χ0v) is 7.50. The molecule has 0 aromatic heterocycles. The van der Waals surface area contributed by atoms with E-state index in [1.165, 1.54) is 0 Å². The van der Waals surface area contributed by atoms with Gasteiger partial charge in [-0.15, -0.1) is 0 Å². The second-order valence-corrected chi connectivity index (χ2v) is 2.62. The van der Waals surface area contributed by atoms with Crippen molar-refractivity contribution in [2.45, 2.75) is 25.9 Å². The molecule has 0 saturated heterocycles. The molecule has 0 rings (SSSR count). The average Bonchev–Trinajstić information content (AvgIpc) is 1.88. The van der Waals surface area contributed by atoms with Crippen molar-refractivity contribution in [3.8, 4) is 0 Å². The van der Waals surface area contributed by atoms with E-state index in [4.69, 9.17) is 5.26 Å². The first-order valence-electron chi connectivity index (χ1n) is 2.88. The highest BCUT2D eigenvalue weighted by molar-refractivity contribution is 14.1. The van der Waals surface area contributed by atoms with E-state index in [-0.39, 0.29) is 6.10 Å². The predicted octanol–water partition coefficient (Wildman–Crippen LogP) is 2.01. The van der Waals surface area contributed by atoms with Crippen molar-refractivity contribution in [3.05, 3.63) is 0 Å². The number of hydrogen-bond acceptors (Lipinski definition) is 3. The Labute approximate surface area is 68.3 Å². The molecule has 0 aliphatic carbocycles. The molecule has 0 fully saturated rings. The fourth-order valence-electron chi connectivity index (χ4n) is 0.534. The monoisotopic (exact) mass is 246 g/mol. The first-order valence-corrected chi connectivity index (χ1v) is 4.40. The Bertz CT molecular complexity index is 54.2. The van der Waals surface area contributed by atoms with Crippen LogP contribution in [0.2, 0.25) is 0 Å². The van der Waals surface area contributed by atoms with Gasteiger partial charge in [0.15, 0.2) is 0 Å². The van der Waals surface area contributed by atoms with Gasteiger partial charge in [0.1, 0.15) is 6.10 Å². The van der Waals surface area contributed by atoms with Crippen LogP contribution in [0.25, 0.3) is 0 Å². The lowest BCUT2D eigenvalue weighted by Crippen LogP contribution is -2.13. The maximum absolute atomic E-state index is 7.87. The molecular weight excluding hydrogens is 235 g/mol. The minimum Gasteiger partial charge on any atom is -0.221 e. The third-order valence-corrected chi connectivity index (χ3v) is 1.94. The normalized spacial score (nSPS) is 13.7. The van der Waals surface area contributed by atoms with E-state index in [0.717, 1.165) is 17.3 Å². The van der Waals surface area contributed by atoms with Crippen molar-refractivity contribution in [1.82, 2.24) is 0 Å². The van der Waals surface area contributed by atoms with Gasteiger partial charge in [0.25, 0.3) is 0 Å². The second-order valence-electron chi connectivity index (χ2n) is 1.74. The van der Waals surface area contributed by atoms with Gasteiger partial charge in [-0.05, 0) is 6.42 Å². The van der Waals surface area contributed by atoms with Crippen LogP contribution in [-0.4, -0.2) is 15.8 Å². The molecule has 56 valence electrons. The number of alkyl halides is 1. The lowest BCUT2D eigenvalue weighted by molar-refractivity contribution is -0.504. The van der Waals surface area contributed by atoms with Crippen LogP contribution < -0.4 is 0 Å². The van der Waals surface area contributed by atoms with E-state index in [9.17, 15) is 0 Å². The molecule has 0 aromatic carbocycles. The molecule has 0 radical (unpaired) electrons. The third-order valence-electron chi connectivity index (χ3n) is 0.962. The van der Waals surface area contributed by atoms with Crippen LogP contribution in [0.4, 0.5) is 0 Å². The molecular formula is C5H11IO3. The highest BCUT2D eigenvalue weighted by atomic mass is 127. The number of halogens is 1. The highest BCUT2D eigenvalue weighted by Crippen LogP contribution is 2.04.